The summed E-state index contributed by atoms with van der Waals surface area (Å²) in [6.07, 6.45) is 4.68. The van der Waals surface area contributed by atoms with Crippen LogP contribution in [0.3, 0.4) is 0 Å². The summed E-state index contributed by atoms with van der Waals surface area (Å²) < 4.78 is 6.64. The van der Waals surface area contributed by atoms with Gasteiger partial charge in [-0.15, -0.1) is 0 Å². The Bertz CT molecular complexity index is 557. The maximum absolute atomic E-state index is 12.9. The maximum Gasteiger partial charge on any atom is 0.343 e. The van der Waals surface area contributed by atoms with Crippen LogP contribution in [0, 0.1) is 5.92 Å². The Balaban J connectivity index is 0.00000208. The van der Waals surface area contributed by atoms with Crippen LogP contribution >= 0.6 is 0 Å². The summed E-state index contributed by atoms with van der Waals surface area (Å²) in [5, 5.41) is 11.4. The fraction of sp³-hybridized carbons (Fsp3) is 0.632. The summed E-state index contributed by atoms with van der Waals surface area (Å²) in [6.45, 7) is 1.83. The number of likely N-dealkylation sites (tertiary alicyclic amines) is 1. The first-order valence-electron chi connectivity index (χ1n) is 8.73. The van der Waals surface area contributed by atoms with Gasteiger partial charge in [-0.3, -0.25) is 0 Å². The molecule has 134 valence electrons. The molecule has 1 saturated heterocycles. The van der Waals surface area contributed by atoms with Crippen LogP contribution in [0.25, 0.3) is 0 Å². The van der Waals surface area contributed by atoms with Crippen LogP contribution in [0.5, 0.6) is 0 Å². The molecule has 24 heavy (non-hydrogen) atoms. The van der Waals surface area contributed by atoms with Crippen molar-refractivity contribution < 1.29 is 36.1 Å². The lowest BCUT2D eigenvalue weighted by Gasteiger charge is -2.33. The van der Waals surface area contributed by atoms with Crippen LogP contribution < -0.4 is 17.0 Å². The minimum absolute atomic E-state index is 0. The Labute approximate surface area is 155 Å². The zero-order chi connectivity index (χ0) is 16.5. The van der Waals surface area contributed by atoms with Crippen LogP contribution in [0.2, 0.25) is 0 Å². The highest BCUT2D eigenvalue weighted by molar-refractivity contribution is 5.81. The summed E-state index contributed by atoms with van der Waals surface area (Å²) >= 11 is 0. The monoisotopic (exact) mass is 397 g/mol. The Morgan fingerprint density at radius 3 is 2.33 bits per heavy atom. The topological polar surface area (TPSA) is 46.5 Å². The average molecular weight is 398 g/mol. The largest absolute Gasteiger partial charge is 1.00 e. The van der Waals surface area contributed by atoms with Crippen molar-refractivity contribution in [2.45, 2.75) is 43.8 Å². The molecule has 5 heteroatoms. The first kappa shape index (κ1) is 19.4. The molecule has 2 aliphatic rings. The van der Waals surface area contributed by atoms with E-state index in [1.54, 1.807) is 0 Å². The molecule has 4 nitrogen and oxygen atoms in total. The van der Waals surface area contributed by atoms with E-state index in [1.165, 1.54) is 0 Å². The number of halogens is 1. The smallest absolute Gasteiger partial charge is 0.343 e. The van der Waals surface area contributed by atoms with Gasteiger partial charge >= 0.3 is 5.97 Å². The standard InChI is InChI=1S/C19H28NO3.BrH/c1-20(2)13-12-17(14-20)23-18(21)19(22,16-10-6-7-11-16)15-8-4-3-5-9-15;/h3-5,8-9,16-17,22H,6-7,10-14H2,1-2H3;1H/q+1;/p-1/t17?,19-;/m1./s1. The van der Waals surface area contributed by atoms with E-state index in [-0.39, 0.29) is 29.0 Å². The molecule has 0 aromatic heterocycles. The van der Waals surface area contributed by atoms with Crippen molar-refractivity contribution in [1.29, 1.82) is 0 Å². The van der Waals surface area contributed by atoms with Crippen LogP contribution in [0.1, 0.15) is 37.7 Å². The fourth-order valence-electron chi connectivity index (χ4n) is 4.12. The third-order valence-corrected chi connectivity index (χ3v) is 5.50. The number of ether oxygens (including phenoxy) is 1. The van der Waals surface area contributed by atoms with E-state index in [9.17, 15) is 9.90 Å². The molecule has 1 N–H and O–H groups in total. The molecule has 1 aliphatic heterocycles. The number of carbonyl (C=O) groups is 1. The Morgan fingerprint density at radius 1 is 1.17 bits per heavy atom. The van der Waals surface area contributed by atoms with E-state index in [4.69, 9.17) is 4.74 Å². The molecule has 0 spiro atoms. The second kappa shape index (κ2) is 7.54. The van der Waals surface area contributed by atoms with Gasteiger partial charge in [0.1, 0.15) is 6.54 Å². The lowest BCUT2D eigenvalue weighted by Crippen LogP contribution is -3.00. The molecule has 1 unspecified atom stereocenters. The van der Waals surface area contributed by atoms with Crippen molar-refractivity contribution in [1.82, 2.24) is 0 Å². The molecule has 0 bridgehead atoms. The van der Waals surface area contributed by atoms with Gasteiger partial charge in [-0.2, -0.15) is 0 Å². The minimum atomic E-state index is -1.50. The van der Waals surface area contributed by atoms with Gasteiger partial charge in [0.2, 0.25) is 0 Å². The van der Waals surface area contributed by atoms with Crippen molar-refractivity contribution in [3.8, 4) is 0 Å². The van der Waals surface area contributed by atoms with Crippen molar-refractivity contribution in [3.63, 3.8) is 0 Å². The van der Waals surface area contributed by atoms with Crippen molar-refractivity contribution in [2.24, 2.45) is 5.92 Å². The fourth-order valence-corrected chi connectivity index (χ4v) is 4.12. The van der Waals surface area contributed by atoms with E-state index < -0.39 is 11.6 Å². The highest BCUT2D eigenvalue weighted by Gasteiger charge is 2.49. The summed E-state index contributed by atoms with van der Waals surface area (Å²) in [4.78, 5) is 12.9. The molecule has 1 aromatic rings. The molecule has 1 saturated carbocycles. The maximum atomic E-state index is 12.9. The first-order chi connectivity index (χ1) is 10.9. The summed E-state index contributed by atoms with van der Waals surface area (Å²) in [7, 11) is 4.29. The van der Waals surface area contributed by atoms with Gasteiger partial charge in [-0.05, 0) is 18.4 Å². The second-order valence-electron chi connectivity index (χ2n) is 7.77. The normalized spacial score (nSPS) is 25.7. The number of benzene rings is 1. The summed E-state index contributed by atoms with van der Waals surface area (Å²) in [5.41, 5.74) is -0.832. The molecule has 3 rings (SSSR count). The van der Waals surface area contributed by atoms with Gasteiger partial charge in [0, 0.05) is 12.3 Å². The zero-order valence-electron chi connectivity index (χ0n) is 14.6. The van der Waals surface area contributed by atoms with E-state index in [1.807, 2.05) is 30.3 Å². The third-order valence-electron chi connectivity index (χ3n) is 5.50. The molecular weight excluding hydrogens is 370 g/mol. The van der Waals surface area contributed by atoms with E-state index in [0.29, 0.717) is 5.56 Å². The molecule has 0 radical (unpaired) electrons. The quantitative estimate of drug-likeness (QED) is 0.548. The van der Waals surface area contributed by atoms with Crippen LogP contribution in [-0.4, -0.2) is 48.8 Å². The van der Waals surface area contributed by atoms with Gasteiger partial charge in [0.05, 0.1) is 20.6 Å². The molecule has 0 amide bonds. The van der Waals surface area contributed by atoms with Gasteiger partial charge in [-0.25, -0.2) is 4.79 Å². The first-order valence-corrected chi connectivity index (χ1v) is 8.73. The second-order valence-corrected chi connectivity index (χ2v) is 7.77. The summed E-state index contributed by atoms with van der Waals surface area (Å²) in [6, 6.07) is 9.33. The summed E-state index contributed by atoms with van der Waals surface area (Å²) in [5.74, 6) is -0.496. The number of aliphatic hydroxyl groups is 1. The Kier molecular flexibility index (Phi) is 6.10. The SMILES string of the molecule is C[N+]1(C)CCC(OC(=O)[C@@](O)(c2ccccc2)C2CCCC2)C1.[Br-]. The molecule has 1 heterocycles. The predicted molar refractivity (Wildman–Crippen MR) is 88.6 cm³/mol. The molecular formula is C19H28BrNO3. The van der Waals surface area contributed by atoms with E-state index in [2.05, 4.69) is 14.1 Å². The van der Waals surface area contributed by atoms with E-state index in [0.717, 1.165) is 49.7 Å². The number of rotatable bonds is 4. The molecule has 2 fully saturated rings. The number of esters is 1. The van der Waals surface area contributed by atoms with Crippen LogP contribution in [0.4, 0.5) is 0 Å². The lowest BCUT2D eigenvalue weighted by molar-refractivity contribution is -0.879. The lowest BCUT2D eigenvalue weighted by atomic mass is 9.80. The number of hydrogen-bond acceptors (Lipinski definition) is 3. The predicted octanol–water partition coefficient (Wildman–Crippen LogP) is -0.540. The third kappa shape index (κ3) is 3.84. The number of quaternary nitrogens is 1. The Morgan fingerprint density at radius 2 is 1.79 bits per heavy atom. The average Bonchev–Trinajstić information content (AvgIpc) is 3.17. The minimum Gasteiger partial charge on any atom is -1.00 e. The van der Waals surface area contributed by atoms with Crippen molar-refractivity contribution >= 4 is 5.97 Å². The Hall–Kier alpha value is -0.910. The molecule has 1 aromatic carbocycles. The van der Waals surface area contributed by atoms with Gasteiger partial charge in [-0.1, -0.05) is 43.2 Å². The number of likely N-dealkylation sites (N-methyl/N-ethyl adjacent to an activating group) is 1. The van der Waals surface area contributed by atoms with Gasteiger partial charge in [0.25, 0.3) is 0 Å². The zero-order valence-corrected chi connectivity index (χ0v) is 16.2. The van der Waals surface area contributed by atoms with Crippen molar-refractivity contribution in [2.75, 3.05) is 27.2 Å². The van der Waals surface area contributed by atoms with Gasteiger partial charge in [0.15, 0.2) is 11.7 Å². The van der Waals surface area contributed by atoms with E-state index >= 15 is 0 Å². The highest BCUT2D eigenvalue weighted by atomic mass is 79.9. The number of hydrogen-bond donors (Lipinski definition) is 1. The van der Waals surface area contributed by atoms with Gasteiger partial charge < -0.3 is 31.3 Å². The molecule has 1 aliphatic carbocycles. The number of carbonyl (C=O) groups excluding carboxylic acids is 1. The van der Waals surface area contributed by atoms with Crippen LogP contribution in [0.15, 0.2) is 30.3 Å². The van der Waals surface area contributed by atoms with Crippen LogP contribution in [-0.2, 0) is 15.1 Å². The van der Waals surface area contributed by atoms with Crippen molar-refractivity contribution in [3.05, 3.63) is 35.9 Å². The number of nitrogens with zero attached hydrogens (tertiary/aromatic N) is 1. The highest BCUT2D eigenvalue weighted by Crippen LogP contribution is 2.42. The molecule has 2 atom stereocenters.